The van der Waals surface area contributed by atoms with Crippen molar-refractivity contribution in [1.29, 1.82) is 0 Å². The molecule has 1 atom stereocenters. The van der Waals surface area contributed by atoms with E-state index in [1.807, 2.05) is 0 Å². The average Bonchev–Trinajstić information content (AvgIpc) is 2.05. The van der Waals surface area contributed by atoms with Crippen LogP contribution in [0.15, 0.2) is 30.3 Å². The Morgan fingerprint density at radius 2 is 1.64 bits per heavy atom. The normalized spacial score (nSPS) is 13.5. The van der Waals surface area contributed by atoms with Gasteiger partial charge in [0.2, 0.25) is 0 Å². The molecule has 11 heavy (non-hydrogen) atoms. The van der Waals surface area contributed by atoms with Crippen molar-refractivity contribution in [1.82, 2.24) is 0 Å². The number of rotatable bonds is 2. The van der Waals surface area contributed by atoms with Gasteiger partial charge in [0.15, 0.2) is 0 Å². The van der Waals surface area contributed by atoms with Crippen molar-refractivity contribution in [2.45, 2.75) is 11.8 Å². The third-order valence-electron chi connectivity index (χ3n) is 1.34. The van der Waals surface area contributed by atoms with Crippen molar-refractivity contribution in [3.8, 4) is 0 Å². The third kappa shape index (κ3) is 2.15. The molecule has 3 heteroatoms. The zero-order valence-electron chi connectivity index (χ0n) is 5.68. The molecular weight excluding hydrogens is 170 g/mol. The smallest absolute Gasteiger partial charge is 0.208 e. The third-order valence-corrected chi connectivity index (χ3v) is 1.78. The minimum absolute atomic E-state index is 0.462. The van der Waals surface area contributed by atoms with Crippen molar-refractivity contribution in [3.63, 3.8) is 0 Å². The summed E-state index contributed by atoms with van der Waals surface area (Å²) in [6, 6.07) is 8.31. The van der Waals surface area contributed by atoms with Gasteiger partial charge in [-0.25, -0.2) is 8.78 Å². The molecule has 0 radical (unpaired) electrons. The Balaban J connectivity index is 2.77. The van der Waals surface area contributed by atoms with Gasteiger partial charge in [0.05, 0.1) is 0 Å². The number of halogens is 3. The van der Waals surface area contributed by atoms with Crippen molar-refractivity contribution in [2.24, 2.45) is 0 Å². The lowest BCUT2D eigenvalue weighted by Crippen LogP contribution is -2.00. The summed E-state index contributed by atoms with van der Waals surface area (Å²) in [5.74, 6) is 0. The van der Waals surface area contributed by atoms with Gasteiger partial charge in [-0.05, 0) is 5.56 Å². The summed E-state index contributed by atoms with van der Waals surface area (Å²) in [7, 11) is 0. The van der Waals surface area contributed by atoms with E-state index in [2.05, 4.69) is 0 Å². The Labute approximate surface area is 68.8 Å². The summed E-state index contributed by atoms with van der Waals surface area (Å²) >= 11 is 5.39. The summed E-state index contributed by atoms with van der Waals surface area (Å²) in [5.41, 5.74) is 0.462. The molecule has 0 aromatic heterocycles. The molecule has 0 heterocycles. The van der Waals surface area contributed by atoms with Gasteiger partial charge in [-0.2, -0.15) is 0 Å². The zero-order chi connectivity index (χ0) is 8.27. The fourth-order valence-corrected chi connectivity index (χ4v) is 0.928. The molecule has 1 aromatic rings. The molecule has 0 saturated carbocycles. The van der Waals surface area contributed by atoms with Crippen molar-refractivity contribution in [3.05, 3.63) is 35.9 Å². The maximum absolute atomic E-state index is 12.0. The molecule has 0 bridgehead atoms. The maximum atomic E-state index is 12.0. The second kappa shape index (κ2) is 3.67. The Morgan fingerprint density at radius 3 is 2.09 bits per heavy atom. The van der Waals surface area contributed by atoms with Gasteiger partial charge in [0.1, 0.15) is 5.38 Å². The van der Waals surface area contributed by atoms with Crippen LogP contribution in [0.1, 0.15) is 10.9 Å². The molecule has 0 aliphatic rings. The molecule has 1 rings (SSSR count). The van der Waals surface area contributed by atoms with E-state index < -0.39 is 11.8 Å². The summed E-state index contributed by atoms with van der Waals surface area (Å²) in [5, 5.41) is -1.18. The van der Waals surface area contributed by atoms with Gasteiger partial charge in [0, 0.05) is 0 Å². The van der Waals surface area contributed by atoms with E-state index in [0.717, 1.165) is 0 Å². The van der Waals surface area contributed by atoms with E-state index in [0.29, 0.717) is 5.56 Å². The highest BCUT2D eigenvalue weighted by Gasteiger charge is 2.18. The standard InChI is InChI=1S/C8H7ClF2/c9-7(8(10)11)6-4-2-1-3-5-6/h1-5,7-8H/t7-/m0/s1. The molecule has 0 saturated heterocycles. The number of hydrogen-bond acceptors (Lipinski definition) is 0. The van der Waals surface area contributed by atoms with Gasteiger partial charge in [-0.3, -0.25) is 0 Å². The SMILES string of the molecule is FC(F)[C@@H](Cl)c1ccccc1. The van der Waals surface area contributed by atoms with E-state index in [9.17, 15) is 8.78 Å². The van der Waals surface area contributed by atoms with Crippen LogP contribution in [0.3, 0.4) is 0 Å². The molecule has 0 aliphatic carbocycles. The van der Waals surface area contributed by atoms with Crippen LogP contribution in [0.4, 0.5) is 8.78 Å². The molecule has 0 fully saturated rings. The van der Waals surface area contributed by atoms with Crippen LogP contribution in [-0.4, -0.2) is 6.43 Å². The van der Waals surface area contributed by atoms with E-state index in [1.54, 1.807) is 30.3 Å². The molecule has 0 N–H and O–H groups in total. The van der Waals surface area contributed by atoms with Crippen LogP contribution >= 0.6 is 11.6 Å². The lowest BCUT2D eigenvalue weighted by molar-refractivity contribution is 0.143. The highest BCUT2D eigenvalue weighted by Crippen LogP contribution is 2.26. The van der Waals surface area contributed by atoms with E-state index >= 15 is 0 Å². The largest absolute Gasteiger partial charge is 0.258 e. The van der Waals surface area contributed by atoms with Crippen LogP contribution in [-0.2, 0) is 0 Å². The number of hydrogen-bond donors (Lipinski definition) is 0. The van der Waals surface area contributed by atoms with E-state index in [4.69, 9.17) is 11.6 Å². The molecular formula is C8H7ClF2. The molecule has 0 amide bonds. The average molecular weight is 177 g/mol. The van der Waals surface area contributed by atoms with Crippen LogP contribution in [0, 0.1) is 0 Å². The first kappa shape index (κ1) is 8.47. The monoisotopic (exact) mass is 176 g/mol. The predicted octanol–water partition coefficient (Wildman–Crippen LogP) is 3.23. The van der Waals surface area contributed by atoms with Crippen LogP contribution in [0.25, 0.3) is 0 Å². The van der Waals surface area contributed by atoms with Crippen molar-refractivity contribution in [2.75, 3.05) is 0 Å². The van der Waals surface area contributed by atoms with E-state index in [-0.39, 0.29) is 0 Å². The Kier molecular flexibility index (Phi) is 2.83. The molecule has 0 unspecified atom stereocenters. The van der Waals surface area contributed by atoms with Gasteiger partial charge in [-0.15, -0.1) is 11.6 Å². The van der Waals surface area contributed by atoms with Gasteiger partial charge in [0.25, 0.3) is 6.43 Å². The first-order valence-electron chi connectivity index (χ1n) is 3.19. The molecule has 1 aromatic carbocycles. The zero-order valence-corrected chi connectivity index (χ0v) is 6.43. The molecule has 0 spiro atoms. The summed E-state index contributed by atoms with van der Waals surface area (Å²) in [6.45, 7) is 0. The lowest BCUT2D eigenvalue weighted by atomic mass is 10.1. The van der Waals surface area contributed by atoms with Gasteiger partial charge < -0.3 is 0 Å². The van der Waals surface area contributed by atoms with Gasteiger partial charge >= 0.3 is 0 Å². The topological polar surface area (TPSA) is 0 Å². The van der Waals surface area contributed by atoms with Crippen LogP contribution in [0.5, 0.6) is 0 Å². The predicted molar refractivity (Wildman–Crippen MR) is 41.0 cm³/mol. The summed E-state index contributed by atoms with van der Waals surface area (Å²) < 4.78 is 24.0. The quantitative estimate of drug-likeness (QED) is 0.607. The highest BCUT2D eigenvalue weighted by molar-refractivity contribution is 6.21. The van der Waals surface area contributed by atoms with Crippen LogP contribution in [0.2, 0.25) is 0 Å². The summed E-state index contributed by atoms with van der Waals surface area (Å²) in [6.07, 6.45) is -2.50. The maximum Gasteiger partial charge on any atom is 0.258 e. The van der Waals surface area contributed by atoms with Crippen molar-refractivity contribution < 1.29 is 8.78 Å². The number of alkyl halides is 3. The lowest BCUT2D eigenvalue weighted by Gasteiger charge is -2.06. The van der Waals surface area contributed by atoms with Crippen LogP contribution < -0.4 is 0 Å². The minimum Gasteiger partial charge on any atom is -0.208 e. The fourth-order valence-electron chi connectivity index (χ4n) is 0.782. The first-order chi connectivity index (χ1) is 5.22. The first-order valence-corrected chi connectivity index (χ1v) is 3.62. The highest BCUT2D eigenvalue weighted by atomic mass is 35.5. The Morgan fingerprint density at radius 1 is 1.09 bits per heavy atom. The Hall–Kier alpha value is -0.630. The van der Waals surface area contributed by atoms with Gasteiger partial charge in [-0.1, -0.05) is 30.3 Å². The molecule has 0 aliphatic heterocycles. The van der Waals surface area contributed by atoms with E-state index in [1.165, 1.54) is 0 Å². The Bertz CT molecular complexity index is 211. The molecule has 60 valence electrons. The van der Waals surface area contributed by atoms with Crippen molar-refractivity contribution >= 4 is 11.6 Å². The minimum atomic E-state index is -2.50. The fraction of sp³-hybridized carbons (Fsp3) is 0.250. The summed E-state index contributed by atoms with van der Waals surface area (Å²) in [4.78, 5) is 0. The molecule has 0 nitrogen and oxygen atoms in total. The second-order valence-electron chi connectivity index (χ2n) is 2.15. The second-order valence-corrected chi connectivity index (χ2v) is 2.62. The number of benzene rings is 1.